The number of phenolic OH excluding ortho intramolecular Hbond substituents is 1. The molecular formula is C30H35Cl3N2O7. The largest absolute Gasteiger partial charge is 0.505 e. The van der Waals surface area contributed by atoms with Gasteiger partial charge in [-0.25, -0.2) is 9.59 Å². The highest BCUT2D eigenvalue weighted by atomic mass is 35.5. The standard InChI is InChI=1S/C30H32Cl2N2O7.ClH.H2/c1-3-39-29(37)20-11-13-21(14-12-20)41-30(38)24(17-19-9-5-4-6-10-19)34-28(36)22-18-23(31)27(25(32)26(22)35)40-16-8-7-15-33-2;;/h4-6,9-14,18,24,33,35H,3,7-8,15-17H2,1-2H3,(H,34,36);2*1H/t24-;;/m0../s1. The summed E-state index contributed by atoms with van der Waals surface area (Å²) >= 11 is 12.6. The van der Waals surface area contributed by atoms with Crippen LogP contribution in [0, 0.1) is 0 Å². The Bertz CT molecular complexity index is 1350. The highest BCUT2D eigenvalue weighted by molar-refractivity contribution is 6.39. The molecular weight excluding hydrogens is 607 g/mol. The minimum absolute atomic E-state index is 0. The second-order valence-electron chi connectivity index (χ2n) is 8.94. The third-order valence-corrected chi connectivity index (χ3v) is 6.55. The van der Waals surface area contributed by atoms with Crippen molar-refractivity contribution in [3.8, 4) is 17.2 Å². The summed E-state index contributed by atoms with van der Waals surface area (Å²) in [5.41, 5.74) is 0.831. The van der Waals surface area contributed by atoms with Gasteiger partial charge in [0, 0.05) is 7.85 Å². The number of aromatic hydroxyl groups is 1. The van der Waals surface area contributed by atoms with E-state index in [2.05, 4.69) is 10.6 Å². The number of benzene rings is 3. The molecule has 0 unspecified atom stereocenters. The first kappa shape index (κ1) is 34.7. The van der Waals surface area contributed by atoms with Crippen molar-refractivity contribution in [1.29, 1.82) is 0 Å². The van der Waals surface area contributed by atoms with Crippen LogP contribution in [0.15, 0.2) is 60.7 Å². The molecule has 0 saturated heterocycles. The fourth-order valence-electron chi connectivity index (χ4n) is 3.81. The lowest BCUT2D eigenvalue weighted by molar-refractivity contribution is -0.136. The molecule has 42 heavy (non-hydrogen) atoms. The number of nitrogens with one attached hydrogen (secondary N) is 2. The molecule has 0 fully saturated rings. The monoisotopic (exact) mass is 640 g/mol. The molecule has 3 rings (SSSR count). The zero-order valence-electron chi connectivity index (χ0n) is 23.2. The van der Waals surface area contributed by atoms with Crippen molar-refractivity contribution in [3.63, 3.8) is 0 Å². The average molecular weight is 642 g/mol. The summed E-state index contributed by atoms with van der Waals surface area (Å²) in [5, 5.41) is 16.2. The Morgan fingerprint density at radius 1 is 1.02 bits per heavy atom. The van der Waals surface area contributed by atoms with Crippen LogP contribution in [0.5, 0.6) is 17.2 Å². The van der Waals surface area contributed by atoms with Crippen LogP contribution in [0.4, 0.5) is 0 Å². The third kappa shape index (κ3) is 9.80. The van der Waals surface area contributed by atoms with E-state index in [1.807, 2.05) is 13.1 Å². The van der Waals surface area contributed by atoms with Gasteiger partial charge in [0.15, 0.2) is 11.5 Å². The van der Waals surface area contributed by atoms with E-state index in [0.717, 1.165) is 24.9 Å². The van der Waals surface area contributed by atoms with Gasteiger partial charge in [0.05, 0.1) is 29.4 Å². The van der Waals surface area contributed by atoms with Crippen molar-refractivity contribution in [2.45, 2.75) is 32.2 Å². The molecule has 12 heteroatoms. The summed E-state index contributed by atoms with van der Waals surface area (Å²) in [6.45, 7) is 3.07. The van der Waals surface area contributed by atoms with Crippen LogP contribution in [0.25, 0.3) is 0 Å². The molecule has 0 bridgehead atoms. The van der Waals surface area contributed by atoms with Gasteiger partial charge in [-0.15, -0.1) is 12.4 Å². The zero-order valence-corrected chi connectivity index (χ0v) is 25.5. The SMILES string of the molecule is CCOC(=O)c1ccc(OC(=O)[C@H](Cc2ccccc2)NC(=O)c2cc(Cl)c(OCCCCNC)c(Cl)c2O)cc1.Cl.[HH]. The highest BCUT2D eigenvalue weighted by Gasteiger charge is 2.27. The molecule has 0 aromatic heterocycles. The Morgan fingerprint density at radius 3 is 2.36 bits per heavy atom. The molecule has 9 nitrogen and oxygen atoms in total. The third-order valence-electron chi connectivity index (χ3n) is 5.92. The second kappa shape index (κ2) is 17.5. The van der Waals surface area contributed by atoms with Crippen molar-refractivity contribution in [3.05, 3.63) is 87.4 Å². The number of carbonyl (C=O) groups is 3. The number of halogens is 3. The van der Waals surface area contributed by atoms with Gasteiger partial charge in [0.2, 0.25) is 0 Å². The highest BCUT2D eigenvalue weighted by Crippen LogP contribution is 2.42. The van der Waals surface area contributed by atoms with E-state index < -0.39 is 29.6 Å². The smallest absolute Gasteiger partial charge is 0.338 e. The van der Waals surface area contributed by atoms with Crippen LogP contribution in [0.3, 0.4) is 0 Å². The van der Waals surface area contributed by atoms with E-state index in [4.69, 9.17) is 37.4 Å². The molecule has 0 aliphatic carbocycles. The Labute approximate surface area is 262 Å². The van der Waals surface area contributed by atoms with E-state index in [1.165, 1.54) is 30.3 Å². The van der Waals surface area contributed by atoms with Gasteiger partial charge in [-0.2, -0.15) is 0 Å². The van der Waals surface area contributed by atoms with Gasteiger partial charge < -0.3 is 30.0 Å². The molecule has 228 valence electrons. The van der Waals surface area contributed by atoms with Crippen LogP contribution in [0.2, 0.25) is 10.0 Å². The van der Waals surface area contributed by atoms with Crippen LogP contribution in [-0.2, 0) is 16.0 Å². The van der Waals surface area contributed by atoms with Crippen molar-refractivity contribution in [1.82, 2.24) is 10.6 Å². The quantitative estimate of drug-likeness (QED) is 0.114. The topological polar surface area (TPSA) is 123 Å². The predicted molar refractivity (Wildman–Crippen MR) is 166 cm³/mol. The Kier molecular flexibility index (Phi) is 14.4. The van der Waals surface area contributed by atoms with E-state index in [-0.39, 0.29) is 54.0 Å². The van der Waals surface area contributed by atoms with E-state index >= 15 is 0 Å². The minimum Gasteiger partial charge on any atom is -0.505 e. The number of hydrogen-bond acceptors (Lipinski definition) is 8. The fraction of sp³-hybridized carbons (Fsp3) is 0.300. The number of phenols is 1. The second-order valence-corrected chi connectivity index (χ2v) is 9.72. The summed E-state index contributed by atoms with van der Waals surface area (Å²) in [5.74, 6) is -2.34. The summed E-state index contributed by atoms with van der Waals surface area (Å²) < 4.78 is 16.1. The predicted octanol–water partition coefficient (Wildman–Crippen LogP) is 5.87. The zero-order chi connectivity index (χ0) is 29.8. The average Bonchev–Trinajstić information content (AvgIpc) is 2.97. The first-order valence-electron chi connectivity index (χ1n) is 13.1. The van der Waals surface area contributed by atoms with Gasteiger partial charge >= 0.3 is 11.9 Å². The van der Waals surface area contributed by atoms with Crippen LogP contribution < -0.4 is 20.1 Å². The molecule has 1 atom stereocenters. The summed E-state index contributed by atoms with van der Waals surface area (Å²) in [6, 6.07) is 15.0. The molecule has 3 aromatic rings. The number of unbranched alkanes of at least 4 members (excludes halogenated alkanes) is 1. The normalized spacial score (nSPS) is 11.1. The number of hydrogen-bond donors (Lipinski definition) is 3. The maximum atomic E-state index is 13.3. The summed E-state index contributed by atoms with van der Waals surface area (Å²) in [7, 11) is 1.85. The lowest BCUT2D eigenvalue weighted by Gasteiger charge is -2.19. The first-order chi connectivity index (χ1) is 19.7. The summed E-state index contributed by atoms with van der Waals surface area (Å²) in [4.78, 5) is 38.4. The van der Waals surface area contributed by atoms with Crippen molar-refractivity contribution in [2.75, 3.05) is 26.8 Å². The Morgan fingerprint density at radius 2 is 1.71 bits per heavy atom. The molecule has 3 N–H and O–H groups in total. The molecule has 0 aliphatic heterocycles. The van der Waals surface area contributed by atoms with Crippen LogP contribution >= 0.6 is 35.6 Å². The van der Waals surface area contributed by atoms with Gasteiger partial charge in [0.1, 0.15) is 16.8 Å². The first-order valence-corrected chi connectivity index (χ1v) is 13.8. The van der Waals surface area contributed by atoms with Crippen molar-refractivity contribution >= 4 is 53.5 Å². The maximum Gasteiger partial charge on any atom is 0.338 e. The lowest BCUT2D eigenvalue weighted by atomic mass is 10.0. The maximum absolute atomic E-state index is 13.3. The molecule has 0 spiro atoms. The van der Waals surface area contributed by atoms with Crippen LogP contribution in [0.1, 0.15) is 47.5 Å². The Balaban J connectivity index is 0.00000462. The number of ether oxygens (including phenoxy) is 3. The minimum atomic E-state index is -1.14. The van der Waals surface area contributed by atoms with Crippen LogP contribution in [-0.4, -0.2) is 55.8 Å². The van der Waals surface area contributed by atoms with E-state index in [1.54, 1.807) is 31.2 Å². The molecule has 0 saturated carbocycles. The van der Waals surface area contributed by atoms with E-state index in [0.29, 0.717) is 12.2 Å². The van der Waals surface area contributed by atoms with E-state index in [9.17, 15) is 19.5 Å². The van der Waals surface area contributed by atoms with Crippen molar-refractivity contribution < 1.29 is 35.1 Å². The molecule has 0 radical (unpaired) electrons. The molecule has 3 aromatic carbocycles. The van der Waals surface area contributed by atoms with Gasteiger partial charge in [-0.05, 0) is 69.3 Å². The number of rotatable bonds is 14. The Hall–Kier alpha value is -3.50. The van der Waals surface area contributed by atoms with Gasteiger partial charge in [-0.1, -0.05) is 53.5 Å². The van der Waals surface area contributed by atoms with Gasteiger partial charge in [0.25, 0.3) is 5.91 Å². The summed E-state index contributed by atoms with van der Waals surface area (Å²) in [6.07, 6.45) is 1.69. The molecule has 1 amide bonds. The number of amides is 1. The lowest BCUT2D eigenvalue weighted by Crippen LogP contribution is -2.44. The molecule has 0 aliphatic rings. The molecule has 0 heterocycles. The van der Waals surface area contributed by atoms with Gasteiger partial charge in [-0.3, -0.25) is 4.79 Å². The number of carbonyl (C=O) groups excluding carboxylic acids is 3. The fourth-order valence-corrected chi connectivity index (χ4v) is 4.38. The van der Waals surface area contributed by atoms with Crippen molar-refractivity contribution in [2.24, 2.45) is 0 Å². The number of esters is 2.